The summed E-state index contributed by atoms with van der Waals surface area (Å²) in [5.41, 5.74) is 11.1. The first-order chi connectivity index (χ1) is 8.13. The Morgan fingerprint density at radius 3 is 2.82 bits per heavy atom. The van der Waals surface area contributed by atoms with Crippen LogP contribution in [0.2, 0.25) is 0 Å². The van der Waals surface area contributed by atoms with E-state index in [4.69, 9.17) is 5.73 Å². The first-order valence-electron chi connectivity index (χ1n) is 6.81. The van der Waals surface area contributed by atoms with Crippen molar-refractivity contribution in [1.82, 2.24) is 0 Å². The summed E-state index contributed by atoms with van der Waals surface area (Å²) in [6.45, 7) is 6.76. The Labute approximate surface area is 105 Å². The second-order valence-electron chi connectivity index (χ2n) is 5.38. The van der Waals surface area contributed by atoms with Crippen LogP contribution in [0.15, 0.2) is 12.1 Å². The largest absolute Gasteiger partial charge is 0.398 e. The second kappa shape index (κ2) is 4.99. The van der Waals surface area contributed by atoms with Gasteiger partial charge in [-0.15, -0.1) is 0 Å². The van der Waals surface area contributed by atoms with Crippen molar-refractivity contribution in [2.75, 3.05) is 11.1 Å². The maximum Gasteiger partial charge on any atom is 0.0396 e. The third-order valence-electron chi connectivity index (χ3n) is 3.95. The highest BCUT2D eigenvalue weighted by atomic mass is 14.9. The van der Waals surface area contributed by atoms with Gasteiger partial charge >= 0.3 is 0 Å². The number of nitrogen functional groups attached to an aromatic ring is 1. The zero-order valence-corrected chi connectivity index (χ0v) is 11.2. The first kappa shape index (κ1) is 12.3. The van der Waals surface area contributed by atoms with Gasteiger partial charge in [0.2, 0.25) is 0 Å². The lowest BCUT2D eigenvalue weighted by molar-refractivity contribution is 0.561. The summed E-state index contributed by atoms with van der Waals surface area (Å²) in [5.74, 6) is 0.715. The van der Waals surface area contributed by atoms with E-state index in [1.165, 1.54) is 29.7 Å². The Morgan fingerprint density at radius 2 is 2.18 bits per heavy atom. The molecule has 0 fully saturated rings. The van der Waals surface area contributed by atoms with Crippen LogP contribution in [0, 0.1) is 5.92 Å². The maximum absolute atomic E-state index is 6.14. The Morgan fingerprint density at radius 1 is 1.41 bits per heavy atom. The average molecular weight is 232 g/mol. The lowest BCUT2D eigenvalue weighted by Crippen LogP contribution is -2.12. The summed E-state index contributed by atoms with van der Waals surface area (Å²) >= 11 is 0. The molecule has 0 saturated carbocycles. The third-order valence-corrected chi connectivity index (χ3v) is 3.95. The minimum atomic E-state index is 0.600. The van der Waals surface area contributed by atoms with Gasteiger partial charge in [0.15, 0.2) is 0 Å². The molecule has 0 amide bonds. The quantitative estimate of drug-likeness (QED) is 0.778. The van der Waals surface area contributed by atoms with Gasteiger partial charge in [-0.25, -0.2) is 0 Å². The van der Waals surface area contributed by atoms with Crippen molar-refractivity contribution in [3.63, 3.8) is 0 Å². The highest BCUT2D eigenvalue weighted by Gasteiger charge is 2.20. The molecule has 0 aliphatic carbocycles. The van der Waals surface area contributed by atoms with Gasteiger partial charge in [-0.3, -0.25) is 0 Å². The standard InChI is InChI=1S/C15H24N2/c1-4-10(3)6-11-7-12-8-13(5-2)17-15(12)9-14(11)16/h7,9-10,13,17H,4-6,8,16H2,1-3H3. The van der Waals surface area contributed by atoms with Gasteiger partial charge in [-0.2, -0.15) is 0 Å². The van der Waals surface area contributed by atoms with Crippen LogP contribution < -0.4 is 11.1 Å². The first-order valence-corrected chi connectivity index (χ1v) is 6.81. The van der Waals surface area contributed by atoms with Gasteiger partial charge in [0.05, 0.1) is 0 Å². The Hall–Kier alpha value is -1.18. The zero-order chi connectivity index (χ0) is 12.4. The van der Waals surface area contributed by atoms with Crippen molar-refractivity contribution in [2.45, 2.75) is 52.5 Å². The fourth-order valence-corrected chi connectivity index (χ4v) is 2.49. The van der Waals surface area contributed by atoms with Gasteiger partial charge < -0.3 is 11.1 Å². The Balaban J connectivity index is 2.21. The Bertz CT molecular complexity index is 398. The predicted molar refractivity (Wildman–Crippen MR) is 75.4 cm³/mol. The summed E-state index contributed by atoms with van der Waals surface area (Å²) in [4.78, 5) is 0. The molecule has 0 radical (unpaired) electrons. The number of anilines is 2. The lowest BCUT2D eigenvalue weighted by Gasteiger charge is -2.13. The molecule has 1 aromatic carbocycles. The molecule has 17 heavy (non-hydrogen) atoms. The van der Waals surface area contributed by atoms with E-state index in [0.29, 0.717) is 12.0 Å². The van der Waals surface area contributed by atoms with E-state index in [9.17, 15) is 0 Å². The molecule has 2 rings (SSSR count). The molecule has 2 heteroatoms. The molecular weight excluding hydrogens is 208 g/mol. The molecule has 2 nitrogen and oxygen atoms in total. The van der Waals surface area contributed by atoms with Crippen molar-refractivity contribution in [3.8, 4) is 0 Å². The summed E-state index contributed by atoms with van der Waals surface area (Å²) in [5, 5.41) is 3.54. The van der Waals surface area contributed by atoms with E-state index in [1.807, 2.05) is 0 Å². The van der Waals surface area contributed by atoms with Crippen LogP contribution in [0.1, 0.15) is 44.7 Å². The minimum Gasteiger partial charge on any atom is -0.398 e. The number of nitrogens with one attached hydrogen (secondary N) is 1. The van der Waals surface area contributed by atoms with Crippen molar-refractivity contribution >= 4 is 11.4 Å². The molecule has 1 aliphatic rings. The Kier molecular flexibility index (Phi) is 3.60. The van der Waals surface area contributed by atoms with Crippen LogP contribution in [-0.4, -0.2) is 6.04 Å². The van der Waals surface area contributed by atoms with E-state index in [2.05, 4.69) is 38.2 Å². The van der Waals surface area contributed by atoms with E-state index >= 15 is 0 Å². The SMILES string of the molecule is CCC(C)Cc1cc2c(cc1N)NC(CC)C2. The number of nitrogens with two attached hydrogens (primary N) is 1. The third kappa shape index (κ3) is 2.56. The molecule has 2 unspecified atom stereocenters. The monoisotopic (exact) mass is 232 g/mol. The van der Waals surface area contributed by atoms with Gasteiger partial charge in [0.1, 0.15) is 0 Å². The van der Waals surface area contributed by atoms with E-state index in [0.717, 1.165) is 18.5 Å². The molecular formula is C15H24N2. The lowest BCUT2D eigenvalue weighted by atomic mass is 9.95. The molecule has 94 valence electrons. The molecule has 0 spiro atoms. The van der Waals surface area contributed by atoms with Crippen LogP contribution in [0.5, 0.6) is 0 Å². The van der Waals surface area contributed by atoms with E-state index in [1.54, 1.807) is 0 Å². The number of fused-ring (bicyclic) bond motifs is 1. The highest BCUT2D eigenvalue weighted by molar-refractivity contribution is 5.66. The van der Waals surface area contributed by atoms with Crippen LogP contribution in [0.25, 0.3) is 0 Å². The van der Waals surface area contributed by atoms with Gasteiger partial charge in [0.25, 0.3) is 0 Å². The predicted octanol–water partition coefficient (Wildman–Crippen LogP) is 3.60. The molecule has 2 atom stereocenters. The topological polar surface area (TPSA) is 38.0 Å². The van der Waals surface area contributed by atoms with Gasteiger partial charge in [0, 0.05) is 17.4 Å². The molecule has 0 aromatic heterocycles. The van der Waals surface area contributed by atoms with Crippen LogP contribution in [-0.2, 0) is 12.8 Å². The molecule has 3 N–H and O–H groups in total. The zero-order valence-electron chi connectivity index (χ0n) is 11.2. The van der Waals surface area contributed by atoms with Crippen molar-refractivity contribution in [2.24, 2.45) is 5.92 Å². The summed E-state index contributed by atoms with van der Waals surface area (Å²) in [6, 6.07) is 5.05. The second-order valence-corrected chi connectivity index (χ2v) is 5.38. The fourth-order valence-electron chi connectivity index (χ4n) is 2.49. The average Bonchev–Trinajstić information content (AvgIpc) is 2.71. The maximum atomic E-state index is 6.14. The number of benzene rings is 1. The summed E-state index contributed by atoms with van der Waals surface area (Å²) in [6.07, 6.45) is 4.65. The summed E-state index contributed by atoms with van der Waals surface area (Å²) < 4.78 is 0. The molecule has 1 heterocycles. The smallest absolute Gasteiger partial charge is 0.0396 e. The highest BCUT2D eigenvalue weighted by Crippen LogP contribution is 2.32. The molecule has 1 aliphatic heterocycles. The minimum absolute atomic E-state index is 0.600. The van der Waals surface area contributed by atoms with Gasteiger partial charge in [-0.1, -0.05) is 33.3 Å². The summed E-state index contributed by atoms with van der Waals surface area (Å²) in [7, 11) is 0. The molecule has 0 saturated heterocycles. The van der Waals surface area contributed by atoms with Crippen molar-refractivity contribution in [1.29, 1.82) is 0 Å². The number of rotatable bonds is 4. The fraction of sp³-hybridized carbons (Fsp3) is 0.600. The number of hydrogen-bond donors (Lipinski definition) is 2. The van der Waals surface area contributed by atoms with Crippen molar-refractivity contribution in [3.05, 3.63) is 23.3 Å². The van der Waals surface area contributed by atoms with E-state index < -0.39 is 0 Å². The van der Waals surface area contributed by atoms with Crippen LogP contribution in [0.3, 0.4) is 0 Å². The van der Waals surface area contributed by atoms with Crippen LogP contribution in [0.4, 0.5) is 11.4 Å². The normalized spacial score (nSPS) is 19.8. The van der Waals surface area contributed by atoms with Gasteiger partial charge in [-0.05, 0) is 42.4 Å². The van der Waals surface area contributed by atoms with Crippen molar-refractivity contribution < 1.29 is 0 Å². The van der Waals surface area contributed by atoms with E-state index in [-0.39, 0.29) is 0 Å². The molecule has 1 aromatic rings. The number of hydrogen-bond acceptors (Lipinski definition) is 2. The molecule has 0 bridgehead atoms. The van der Waals surface area contributed by atoms with Crippen LogP contribution >= 0.6 is 0 Å².